The zero-order valence-electron chi connectivity index (χ0n) is 12.2. The molecule has 2 aromatic heterocycles. The molecule has 3 rings (SSSR count). The van der Waals surface area contributed by atoms with Crippen molar-refractivity contribution >= 4 is 28.0 Å². The van der Waals surface area contributed by atoms with Crippen molar-refractivity contribution in [2.45, 2.75) is 6.92 Å². The van der Waals surface area contributed by atoms with E-state index in [2.05, 4.69) is 9.97 Å². The number of aryl methyl sites for hydroxylation is 1. The third kappa shape index (κ3) is 2.24. The zero-order chi connectivity index (χ0) is 15.7. The molecule has 0 atom stereocenters. The Bertz CT molecular complexity index is 858. The van der Waals surface area contributed by atoms with Crippen LogP contribution in [0.3, 0.4) is 0 Å². The van der Waals surface area contributed by atoms with Gasteiger partial charge in [0.05, 0.1) is 10.6 Å². The lowest BCUT2D eigenvalue weighted by Gasteiger charge is -2.20. The molecule has 0 N–H and O–H groups in total. The van der Waals surface area contributed by atoms with Gasteiger partial charge in [-0.25, -0.2) is 4.98 Å². The first-order chi connectivity index (χ1) is 10.6. The minimum atomic E-state index is -0.388. The lowest BCUT2D eigenvalue weighted by Crippen LogP contribution is -2.14. The number of rotatable bonds is 3. The standard InChI is InChI=1S/C16H14N4O2/c1-11-6-9-18-16(15(11)20(21)22)19(2)14-5-3-4-12-10-17-8-7-13(12)14/h3-10H,1-2H3. The molecule has 0 aliphatic rings. The molecule has 0 aliphatic heterocycles. The Balaban J connectivity index is 2.21. The molecule has 0 unspecified atom stereocenters. The highest BCUT2D eigenvalue weighted by Gasteiger charge is 2.23. The van der Waals surface area contributed by atoms with Crippen molar-refractivity contribution in [2.75, 3.05) is 11.9 Å². The van der Waals surface area contributed by atoms with E-state index in [-0.39, 0.29) is 10.6 Å². The van der Waals surface area contributed by atoms with Crippen LogP contribution in [0.2, 0.25) is 0 Å². The maximum Gasteiger partial charge on any atom is 0.314 e. The number of nitro groups is 1. The van der Waals surface area contributed by atoms with Crippen LogP contribution in [-0.4, -0.2) is 21.9 Å². The molecule has 0 fully saturated rings. The van der Waals surface area contributed by atoms with Crippen molar-refractivity contribution in [3.05, 3.63) is 64.6 Å². The molecule has 0 saturated heterocycles. The molecule has 0 saturated carbocycles. The number of benzene rings is 1. The fourth-order valence-electron chi connectivity index (χ4n) is 2.52. The molecule has 110 valence electrons. The summed E-state index contributed by atoms with van der Waals surface area (Å²) >= 11 is 0. The maximum absolute atomic E-state index is 11.4. The third-order valence-electron chi connectivity index (χ3n) is 3.63. The normalized spacial score (nSPS) is 10.6. The second-order valence-corrected chi connectivity index (χ2v) is 4.99. The van der Waals surface area contributed by atoms with Crippen molar-refractivity contribution in [3.63, 3.8) is 0 Å². The number of anilines is 2. The lowest BCUT2D eigenvalue weighted by atomic mass is 10.1. The second-order valence-electron chi connectivity index (χ2n) is 4.99. The van der Waals surface area contributed by atoms with Gasteiger partial charge in [-0.1, -0.05) is 12.1 Å². The Hall–Kier alpha value is -3.02. The van der Waals surface area contributed by atoms with Gasteiger partial charge in [-0.3, -0.25) is 15.1 Å². The van der Waals surface area contributed by atoms with Gasteiger partial charge in [-0.05, 0) is 25.1 Å². The largest absolute Gasteiger partial charge is 0.323 e. The quantitative estimate of drug-likeness (QED) is 0.545. The van der Waals surface area contributed by atoms with Crippen LogP contribution >= 0.6 is 0 Å². The van der Waals surface area contributed by atoms with Crippen LogP contribution in [0, 0.1) is 17.0 Å². The van der Waals surface area contributed by atoms with Gasteiger partial charge in [0.25, 0.3) is 0 Å². The van der Waals surface area contributed by atoms with Crippen LogP contribution in [0.15, 0.2) is 48.9 Å². The summed E-state index contributed by atoms with van der Waals surface area (Å²) in [5.41, 5.74) is 1.46. The molecule has 0 spiro atoms. The summed E-state index contributed by atoms with van der Waals surface area (Å²) in [6.45, 7) is 1.71. The predicted molar refractivity (Wildman–Crippen MR) is 85.4 cm³/mol. The van der Waals surface area contributed by atoms with Crippen LogP contribution in [0.1, 0.15) is 5.56 Å². The fourth-order valence-corrected chi connectivity index (χ4v) is 2.52. The Morgan fingerprint density at radius 1 is 1.18 bits per heavy atom. The molecular weight excluding hydrogens is 280 g/mol. The van der Waals surface area contributed by atoms with Crippen molar-refractivity contribution in [2.24, 2.45) is 0 Å². The molecule has 3 aromatic rings. The van der Waals surface area contributed by atoms with Gasteiger partial charge in [-0.2, -0.15) is 0 Å². The maximum atomic E-state index is 11.4. The van der Waals surface area contributed by atoms with Gasteiger partial charge >= 0.3 is 5.69 Å². The molecule has 22 heavy (non-hydrogen) atoms. The highest BCUT2D eigenvalue weighted by atomic mass is 16.6. The van der Waals surface area contributed by atoms with Crippen molar-refractivity contribution in [1.29, 1.82) is 0 Å². The Morgan fingerprint density at radius 2 is 2.00 bits per heavy atom. The first-order valence-electron chi connectivity index (χ1n) is 6.76. The summed E-state index contributed by atoms with van der Waals surface area (Å²) in [6, 6.07) is 9.30. The van der Waals surface area contributed by atoms with Gasteiger partial charge in [0.1, 0.15) is 0 Å². The molecule has 0 aliphatic carbocycles. The average molecular weight is 294 g/mol. The Kier molecular flexibility index (Phi) is 3.42. The fraction of sp³-hybridized carbons (Fsp3) is 0.125. The SMILES string of the molecule is Cc1ccnc(N(C)c2cccc3cnccc23)c1[N+](=O)[O-]. The lowest BCUT2D eigenvalue weighted by molar-refractivity contribution is -0.384. The minimum absolute atomic E-state index is 0.0241. The number of aromatic nitrogens is 2. The topological polar surface area (TPSA) is 72.2 Å². The molecular formula is C16H14N4O2. The second kappa shape index (κ2) is 5.40. The molecule has 0 radical (unpaired) electrons. The van der Waals surface area contributed by atoms with Crippen molar-refractivity contribution < 1.29 is 4.92 Å². The van der Waals surface area contributed by atoms with E-state index in [0.29, 0.717) is 11.4 Å². The van der Waals surface area contributed by atoms with Gasteiger partial charge in [0, 0.05) is 42.0 Å². The Labute approximate surface area is 127 Å². The summed E-state index contributed by atoms with van der Waals surface area (Å²) in [6.07, 6.45) is 5.06. The number of hydrogen-bond acceptors (Lipinski definition) is 5. The highest BCUT2D eigenvalue weighted by Crippen LogP contribution is 2.35. The van der Waals surface area contributed by atoms with E-state index in [1.54, 1.807) is 43.5 Å². The molecule has 2 heterocycles. The van der Waals surface area contributed by atoms with E-state index in [9.17, 15) is 10.1 Å². The van der Waals surface area contributed by atoms with Crippen molar-refractivity contribution in [1.82, 2.24) is 9.97 Å². The zero-order valence-corrected chi connectivity index (χ0v) is 12.2. The van der Waals surface area contributed by atoms with Crippen LogP contribution in [0.5, 0.6) is 0 Å². The predicted octanol–water partition coefficient (Wildman–Crippen LogP) is 3.61. The Morgan fingerprint density at radius 3 is 2.77 bits per heavy atom. The number of fused-ring (bicyclic) bond motifs is 1. The molecule has 0 bridgehead atoms. The first-order valence-corrected chi connectivity index (χ1v) is 6.76. The van der Waals surface area contributed by atoms with E-state index in [1.165, 1.54) is 0 Å². The number of pyridine rings is 2. The van der Waals surface area contributed by atoms with Gasteiger partial charge in [0.2, 0.25) is 5.82 Å². The van der Waals surface area contributed by atoms with E-state index in [0.717, 1.165) is 16.5 Å². The van der Waals surface area contributed by atoms with E-state index < -0.39 is 0 Å². The molecule has 0 amide bonds. The molecule has 1 aromatic carbocycles. The van der Waals surface area contributed by atoms with E-state index in [1.807, 2.05) is 24.3 Å². The number of nitrogens with zero attached hydrogens (tertiary/aromatic N) is 4. The minimum Gasteiger partial charge on any atom is -0.323 e. The van der Waals surface area contributed by atoms with Gasteiger partial charge in [0.15, 0.2) is 0 Å². The smallest absolute Gasteiger partial charge is 0.314 e. The summed E-state index contributed by atoms with van der Waals surface area (Å²) in [5, 5.41) is 13.3. The summed E-state index contributed by atoms with van der Waals surface area (Å²) in [5.74, 6) is 0.328. The van der Waals surface area contributed by atoms with Crippen LogP contribution in [0.4, 0.5) is 17.2 Å². The third-order valence-corrected chi connectivity index (χ3v) is 3.63. The first kappa shape index (κ1) is 13.9. The monoisotopic (exact) mass is 294 g/mol. The highest BCUT2D eigenvalue weighted by molar-refractivity contribution is 5.95. The average Bonchev–Trinajstić information content (AvgIpc) is 2.53. The summed E-state index contributed by atoms with van der Waals surface area (Å²) in [7, 11) is 1.78. The van der Waals surface area contributed by atoms with Gasteiger partial charge in [-0.15, -0.1) is 0 Å². The van der Waals surface area contributed by atoms with E-state index >= 15 is 0 Å². The van der Waals surface area contributed by atoms with Crippen LogP contribution in [0.25, 0.3) is 10.8 Å². The van der Waals surface area contributed by atoms with Crippen molar-refractivity contribution in [3.8, 4) is 0 Å². The van der Waals surface area contributed by atoms with Crippen LogP contribution < -0.4 is 4.90 Å². The molecule has 6 heteroatoms. The number of hydrogen-bond donors (Lipinski definition) is 0. The van der Waals surface area contributed by atoms with E-state index in [4.69, 9.17) is 0 Å². The van der Waals surface area contributed by atoms with Gasteiger partial charge < -0.3 is 4.90 Å². The summed E-state index contributed by atoms with van der Waals surface area (Å²) < 4.78 is 0. The summed E-state index contributed by atoms with van der Waals surface area (Å²) in [4.78, 5) is 21.0. The van der Waals surface area contributed by atoms with Crippen LogP contribution in [-0.2, 0) is 0 Å². The molecule has 6 nitrogen and oxygen atoms in total.